The number of carboxylic acid groups (broad SMARTS) is 1. The molecule has 2 heterocycles. The Balaban J connectivity index is 1.93. The van der Waals surface area contributed by atoms with Crippen LogP contribution in [-0.2, 0) is 4.79 Å². The predicted octanol–water partition coefficient (Wildman–Crippen LogP) is 2.66. The Labute approximate surface area is 146 Å². The number of carboxylic acids is 1. The number of likely N-dealkylation sites (tertiary alicyclic amines) is 1. The van der Waals surface area contributed by atoms with Crippen molar-refractivity contribution in [1.82, 2.24) is 9.88 Å². The van der Waals surface area contributed by atoms with Crippen LogP contribution in [-0.4, -0.2) is 39.5 Å². The summed E-state index contributed by atoms with van der Waals surface area (Å²) in [4.78, 5) is 30.2. The van der Waals surface area contributed by atoms with Gasteiger partial charge in [-0.1, -0.05) is 30.3 Å². The Hall–Kier alpha value is -2.89. The Morgan fingerprint density at radius 3 is 2.60 bits per heavy atom. The molecule has 0 radical (unpaired) electrons. The summed E-state index contributed by atoms with van der Waals surface area (Å²) in [5.74, 6) is -1.63. The molecule has 6 nitrogen and oxygen atoms in total. The van der Waals surface area contributed by atoms with E-state index in [0.29, 0.717) is 29.8 Å². The third-order valence-corrected chi connectivity index (χ3v) is 4.76. The van der Waals surface area contributed by atoms with E-state index in [2.05, 4.69) is 4.98 Å². The molecule has 0 bridgehead atoms. The lowest BCUT2D eigenvalue weighted by atomic mass is 9.92. The van der Waals surface area contributed by atoms with Crippen LogP contribution in [0.3, 0.4) is 0 Å². The number of nitrogens with two attached hydrogens (primary N) is 1. The molecule has 1 saturated heterocycles. The SMILES string of the molecule is CC1CCC(C(=O)O)CN1C(=O)c1ccnc(-c2ccccc2)c1N. The Morgan fingerprint density at radius 2 is 1.92 bits per heavy atom. The standard InChI is InChI=1S/C19H21N3O3/c1-12-7-8-14(19(24)25)11-22(12)18(23)15-9-10-21-17(16(15)20)13-5-3-2-4-6-13/h2-6,9-10,12,14H,7-8,11,20H2,1H3,(H,24,25). The van der Waals surface area contributed by atoms with Crippen LogP contribution in [0.5, 0.6) is 0 Å². The van der Waals surface area contributed by atoms with Gasteiger partial charge in [0.1, 0.15) is 0 Å². The van der Waals surface area contributed by atoms with Crippen molar-refractivity contribution in [3.05, 3.63) is 48.2 Å². The normalized spacial score (nSPS) is 20.3. The van der Waals surface area contributed by atoms with Gasteiger partial charge in [0.2, 0.25) is 0 Å². The smallest absolute Gasteiger partial charge is 0.308 e. The van der Waals surface area contributed by atoms with E-state index in [1.165, 1.54) is 0 Å². The third kappa shape index (κ3) is 3.33. The van der Waals surface area contributed by atoms with Gasteiger partial charge >= 0.3 is 5.97 Å². The highest BCUT2D eigenvalue weighted by atomic mass is 16.4. The van der Waals surface area contributed by atoms with Crippen molar-refractivity contribution in [3.63, 3.8) is 0 Å². The summed E-state index contributed by atoms with van der Waals surface area (Å²) in [6.45, 7) is 2.14. The number of nitrogen functional groups attached to an aromatic ring is 1. The third-order valence-electron chi connectivity index (χ3n) is 4.76. The number of carbonyl (C=O) groups excluding carboxylic acids is 1. The molecular weight excluding hydrogens is 318 g/mol. The zero-order chi connectivity index (χ0) is 18.0. The number of hydrogen-bond acceptors (Lipinski definition) is 4. The summed E-state index contributed by atoms with van der Waals surface area (Å²) < 4.78 is 0. The number of anilines is 1. The Bertz CT molecular complexity index is 792. The van der Waals surface area contributed by atoms with Crippen LogP contribution in [0, 0.1) is 5.92 Å². The van der Waals surface area contributed by atoms with Crippen molar-refractivity contribution in [1.29, 1.82) is 0 Å². The first-order valence-electron chi connectivity index (χ1n) is 8.32. The van der Waals surface area contributed by atoms with E-state index in [-0.39, 0.29) is 18.5 Å². The lowest BCUT2D eigenvalue weighted by Gasteiger charge is -2.36. The minimum absolute atomic E-state index is 0.0177. The van der Waals surface area contributed by atoms with Gasteiger partial charge in [0.15, 0.2) is 0 Å². The van der Waals surface area contributed by atoms with Gasteiger partial charge in [0.05, 0.1) is 22.9 Å². The molecule has 1 aliphatic heterocycles. The van der Waals surface area contributed by atoms with Gasteiger partial charge in [0, 0.05) is 24.3 Å². The molecule has 2 aromatic rings. The number of aliphatic carboxylic acids is 1. The second-order valence-corrected chi connectivity index (χ2v) is 6.41. The molecule has 3 rings (SSSR count). The fraction of sp³-hybridized carbons (Fsp3) is 0.316. The lowest BCUT2D eigenvalue weighted by Crippen LogP contribution is -2.47. The summed E-state index contributed by atoms with van der Waals surface area (Å²) in [5.41, 5.74) is 8.33. The minimum Gasteiger partial charge on any atom is -0.481 e. The maximum absolute atomic E-state index is 13.0. The lowest BCUT2D eigenvalue weighted by molar-refractivity contribution is -0.143. The van der Waals surface area contributed by atoms with E-state index in [4.69, 9.17) is 5.73 Å². The molecule has 0 saturated carbocycles. The highest BCUT2D eigenvalue weighted by molar-refractivity contribution is 6.02. The molecule has 1 fully saturated rings. The summed E-state index contributed by atoms with van der Waals surface area (Å²) >= 11 is 0. The monoisotopic (exact) mass is 339 g/mol. The molecule has 1 aliphatic rings. The van der Waals surface area contributed by atoms with Crippen LogP contribution in [0.15, 0.2) is 42.6 Å². The number of benzene rings is 1. The molecular formula is C19H21N3O3. The van der Waals surface area contributed by atoms with E-state index in [1.807, 2.05) is 37.3 Å². The van der Waals surface area contributed by atoms with Gasteiger partial charge in [-0.2, -0.15) is 0 Å². The maximum atomic E-state index is 13.0. The number of aromatic nitrogens is 1. The highest BCUT2D eigenvalue weighted by Crippen LogP contribution is 2.29. The first-order chi connectivity index (χ1) is 12.0. The summed E-state index contributed by atoms with van der Waals surface area (Å²) in [7, 11) is 0. The summed E-state index contributed by atoms with van der Waals surface area (Å²) in [5, 5.41) is 9.27. The predicted molar refractivity (Wildman–Crippen MR) is 94.9 cm³/mol. The van der Waals surface area contributed by atoms with Crippen LogP contribution < -0.4 is 5.73 Å². The molecule has 0 aliphatic carbocycles. The highest BCUT2D eigenvalue weighted by Gasteiger charge is 2.33. The van der Waals surface area contributed by atoms with Crippen LogP contribution >= 0.6 is 0 Å². The first-order valence-corrected chi connectivity index (χ1v) is 8.32. The average molecular weight is 339 g/mol. The number of nitrogens with zero attached hydrogens (tertiary/aromatic N) is 2. The van der Waals surface area contributed by atoms with Crippen molar-refractivity contribution in [2.24, 2.45) is 5.92 Å². The van der Waals surface area contributed by atoms with Crippen molar-refractivity contribution < 1.29 is 14.7 Å². The van der Waals surface area contributed by atoms with E-state index >= 15 is 0 Å². The number of pyridine rings is 1. The van der Waals surface area contributed by atoms with E-state index in [1.54, 1.807) is 17.2 Å². The Morgan fingerprint density at radius 1 is 1.20 bits per heavy atom. The van der Waals surface area contributed by atoms with E-state index < -0.39 is 11.9 Å². The van der Waals surface area contributed by atoms with Crippen LogP contribution in [0.1, 0.15) is 30.1 Å². The van der Waals surface area contributed by atoms with Crippen molar-refractivity contribution >= 4 is 17.6 Å². The van der Waals surface area contributed by atoms with Gasteiger partial charge in [0.25, 0.3) is 5.91 Å². The van der Waals surface area contributed by atoms with E-state index in [9.17, 15) is 14.7 Å². The zero-order valence-corrected chi connectivity index (χ0v) is 14.1. The number of rotatable bonds is 3. The second kappa shape index (κ2) is 6.93. The van der Waals surface area contributed by atoms with Crippen molar-refractivity contribution in [2.75, 3.05) is 12.3 Å². The van der Waals surface area contributed by atoms with Crippen LogP contribution in [0.2, 0.25) is 0 Å². The topological polar surface area (TPSA) is 96.5 Å². The summed E-state index contributed by atoms with van der Waals surface area (Å²) in [6.07, 6.45) is 2.82. The number of amides is 1. The van der Waals surface area contributed by atoms with Gasteiger partial charge in [-0.15, -0.1) is 0 Å². The second-order valence-electron chi connectivity index (χ2n) is 6.41. The van der Waals surface area contributed by atoms with E-state index in [0.717, 1.165) is 5.56 Å². The van der Waals surface area contributed by atoms with Crippen molar-refractivity contribution in [2.45, 2.75) is 25.8 Å². The average Bonchev–Trinajstić information content (AvgIpc) is 2.62. The molecule has 1 amide bonds. The van der Waals surface area contributed by atoms with Crippen LogP contribution in [0.4, 0.5) is 5.69 Å². The van der Waals surface area contributed by atoms with Gasteiger partial charge in [-0.25, -0.2) is 0 Å². The largest absolute Gasteiger partial charge is 0.481 e. The molecule has 0 spiro atoms. The molecule has 2 unspecified atom stereocenters. The molecule has 1 aromatic carbocycles. The van der Waals surface area contributed by atoms with Crippen molar-refractivity contribution in [3.8, 4) is 11.3 Å². The fourth-order valence-corrected chi connectivity index (χ4v) is 3.23. The number of piperidine rings is 1. The number of hydrogen-bond donors (Lipinski definition) is 2. The molecule has 2 atom stereocenters. The fourth-order valence-electron chi connectivity index (χ4n) is 3.23. The molecule has 3 N–H and O–H groups in total. The molecule has 1 aromatic heterocycles. The van der Waals surface area contributed by atoms with Gasteiger partial charge in [-0.05, 0) is 25.8 Å². The first kappa shape index (κ1) is 17.0. The van der Waals surface area contributed by atoms with Crippen LogP contribution in [0.25, 0.3) is 11.3 Å². The molecule has 25 heavy (non-hydrogen) atoms. The molecule has 6 heteroatoms. The maximum Gasteiger partial charge on any atom is 0.308 e. The summed E-state index contributed by atoms with van der Waals surface area (Å²) in [6, 6.07) is 11.0. The van der Waals surface area contributed by atoms with Gasteiger partial charge < -0.3 is 15.7 Å². The minimum atomic E-state index is -0.864. The quantitative estimate of drug-likeness (QED) is 0.896. The zero-order valence-electron chi connectivity index (χ0n) is 14.1. The number of carbonyl (C=O) groups is 2. The Kier molecular flexibility index (Phi) is 4.70. The molecule has 130 valence electrons. The van der Waals surface area contributed by atoms with Gasteiger partial charge in [-0.3, -0.25) is 14.6 Å².